The second-order valence-corrected chi connectivity index (χ2v) is 9.46. The molecule has 0 unspecified atom stereocenters. The van der Waals surface area contributed by atoms with Crippen molar-refractivity contribution in [3.8, 4) is 6.01 Å². The number of amides is 2. The lowest BCUT2D eigenvalue weighted by Gasteiger charge is -2.43. The highest BCUT2D eigenvalue weighted by atomic mass is 19.4. The molecule has 2 aromatic heterocycles. The lowest BCUT2D eigenvalue weighted by atomic mass is 10.0. The molecule has 0 spiro atoms. The van der Waals surface area contributed by atoms with Gasteiger partial charge in [0, 0.05) is 37.8 Å². The van der Waals surface area contributed by atoms with E-state index in [2.05, 4.69) is 25.5 Å². The molecular weight excluding hydrogens is 484 g/mol. The van der Waals surface area contributed by atoms with Crippen LogP contribution in [0.1, 0.15) is 45.4 Å². The zero-order chi connectivity index (χ0) is 26.3. The number of hydrogen-bond acceptors (Lipinski definition) is 7. The Bertz CT molecular complexity index is 1110. The number of hydrogen-bond donors (Lipinski definition) is 2. The summed E-state index contributed by atoms with van der Waals surface area (Å²) in [7, 11) is 0. The number of piperazine rings is 1. The number of anilines is 2. The summed E-state index contributed by atoms with van der Waals surface area (Å²) in [5, 5.41) is 10.1. The molecule has 2 aromatic rings. The first kappa shape index (κ1) is 25.9. The van der Waals surface area contributed by atoms with E-state index in [9.17, 15) is 22.4 Å². The highest BCUT2D eigenvalue weighted by molar-refractivity contribution is 5.78. The van der Waals surface area contributed by atoms with Crippen LogP contribution in [0.5, 0.6) is 6.01 Å². The third-order valence-corrected chi connectivity index (χ3v) is 6.65. The SMILES string of the molecule is CCOc1ncc(F)c(Nc2n[nH]c3c2CN(C(=O)N2CCN(CCC(F)(F)F)[C@H](C)C2)C3(C)C)n1. The van der Waals surface area contributed by atoms with Gasteiger partial charge in [-0.2, -0.15) is 23.3 Å². The van der Waals surface area contributed by atoms with Crippen LogP contribution < -0.4 is 10.1 Å². The normalized spacial score (nSPS) is 19.9. The number of rotatable bonds is 6. The number of aromatic amines is 1. The van der Waals surface area contributed by atoms with E-state index in [1.807, 2.05) is 20.8 Å². The van der Waals surface area contributed by atoms with E-state index < -0.39 is 24.0 Å². The monoisotopic (exact) mass is 514 g/mol. The van der Waals surface area contributed by atoms with Crippen molar-refractivity contribution < 1.29 is 27.1 Å². The van der Waals surface area contributed by atoms with Gasteiger partial charge in [-0.1, -0.05) is 0 Å². The van der Waals surface area contributed by atoms with Crippen LogP contribution in [0, 0.1) is 5.82 Å². The predicted molar refractivity (Wildman–Crippen MR) is 122 cm³/mol. The summed E-state index contributed by atoms with van der Waals surface area (Å²) in [4.78, 5) is 26.4. The maximum absolute atomic E-state index is 14.3. The number of urea groups is 1. The van der Waals surface area contributed by atoms with Gasteiger partial charge in [0.15, 0.2) is 17.5 Å². The summed E-state index contributed by atoms with van der Waals surface area (Å²) in [5.41, 5.74) is 0.660. The molecule has 2 N–H and O–H groups in total. The van der Waals surface area contributed by atoms with Gasteiger partial charge in [0.1, 0.15) is 0 Å². The lowest BCUT2D eigenvalue weighted by molar-refractivity contribution is -0.140. The fourth-order valence-electron chi connectivity index (χ4n) is 4.62. The van der Waals surface area contributed by atoms with Gasteiger partial charge in [0.25, 0.3) is 0 Å². The van der Waals surface area contributed by atoms with E-state index in [0.29, 0.717) is 43.3 Å². The highest BCUT2D eigenvalue weighted by Gasteiger charge is 2.46. The molecule has 0 aliphatic carbocycles. The van der Waals surface area contributed by atoms with E-state index >= 15 is 0 Å². The van der Waals surface area contributed by atoms with Crippen LogP contribution in [-0.4, -0.2) is 85.9 Å². The van der Waals surface area contributed by atoms with Crippen molar-refractivity contribution in [1.29, 1.82) is 0 Å². The van der Waals surface area contributed by atoms with E-state index in [-0.39, 0.29) is 37.0 Å². The molecular formula is C22H30F4N8O2. The summed E-state index contributed by atoms with van der Waals surface area (Å²) >= 11 is 0. The number of nitrogens with zero attached hydrogens (tertiary/aromatic N) is 6. The van der Waals surface area contributed by atoms with Crippen LogP contribution in [0.25, 0.3) is 0 Å². The molecule has 10 nitrogen and oxygen atoms in total. The van der Waals surface area contributed by atoms with Gasteiger partial charge in [0.05, 0.1) is 37.0 Å². The van der Waals surface area contributed by atoms with E-state index in [1.54, 1.807) is 21.6 Å². The van der Waals surface area contributed by atoms with Gasteiger partial charge < -0.3 is 19.9 Å². The number of aromatic nitrogens is 4. The Morgan fingerprint density at radius 2 is 2.06 bits per heavy atom. The van der Waals surface area contributed by atoms with E-state index in [1.165, 1.54) is 0 Å². The van der Waals surface area contributed by atoms with Gasteiger partial charge in [-0.25, -0.2) is 14.2 Å². The highest BCUT2D eigenvalue weighted by Crippen LogP contribution is 2.42. The minimum atomic E-state index is -4.21. The summed E-state index contributed by atoms with van der Waals surface area (Å²) in [6, 6.07) is -0.397. The van der Waals surface area contributed by atoms with Crippen molar-refractivity contribution in [1.82, 2.24) is 34.9 Å². The molecule has 0 bridgehead atoms. The smallest absolute Gasteiger partial charge is 0.390 e. The fourth-order valence-corrected chi connectivity index (χ4v) is 4.62. The second kappa shape index (κ2) is 9.71. The standard InChI is InChI=1S/C22H30F4N8O2/c1-5-36-19-27-10-15(23)18(29-19)28-17-14-12-34(21(3,4)16(14)30-31-17)20(35)33-9-8-32(13(2)11-33)7-6-22(24,25)26/h10,13H,5-9,11-12H2,1-4H3,(H2,27,28,29,30,31)/t13-/m1/s1. The largest absolute Gasteiger partial charge is 0.464 e. The Kier molecular flexibility index (Phi) is 6.99. The van der Waals surface area contributed by atoms with Crippen molar-refractivity contribution in [2.45, 2.75) is 58.4 Å². The number of H-pyrrole nitrogens is 1. The quantitative estimate of drug-likeness (QED) is 0.568. The molecule has 36 heavy (non-hydrogen) atoms. The first-order valence-electron chi connectivity index (χ1n) is 11.8. The van der Waals surface area contributed by atoms with Crippen LogP contribution in [0.3, 0.4) is 0 Å². The molecule has 0 radical (unpaired) electrons. The van der Waals surface area contributed by atoms with Crippen molar-refractivity contribution in [3.63, 3.8) is 0 Å². The van der Waals surface area contributed by atoms with Gasteiger partial charge in [-0.3, -0.25) is 10.00 Å². The first-order valence-corrected chi connectivity index (χ1v) is 11.8. The fraction of sp³-hybridized carbons (Fsp3) is 0.636. The molecule has 1 atom stereocenters. The van der Waals surface area contributed by atoms with Gasteiger partial charge in [0.2, 0.25) is 0 Å². The molecule has 0 saturated carbocycles. The van der Waals surface area contributed by atoms with Crippen molar-refractivity contribution in [3.05, 3.63) is 23.3 Å². The minimum absolute atomic E-state index is 0.0224. The molecule has 14 heteroatoms. The van der Waals surface area contributed by atoms with Crippen LogP contribution >= 0.6 is 0 Å². The minimum Gasteiger partial charge on any atom is -0.464 e. The molecule has 4 heterocycles. The van der Waals surface area contributed by atoms with Gasteiger partial charge in [-0.15, -0.1) is 0 Å². The second-order valence-electron chi connectivity index (χ2n) is 9.46. The summed E-state index contributed by atoms with van der Waals surface area (Å²) in [6.07, 6.45) is -4.08. The van der Waals surface area contributed by atoms with E-state index in [0.717, 1.165) is 6.20 Å². The van der Waals surface area contributed by atoms with Crippen molar-refractivity contribution in [2.24, 2.45) is 0 Å². The molecule has 2 aliphatic heterocycles. The van der Waals surface area contributed by atoms with Crippen LogP contribution in [0.4, 0.5) is 34.0 Å². The number of carbonyl (C=O) groups is 1. The lowest BCUT2D eigenvalue weighted by Crippen LogP contribution is -2.58. The van der Waals surface area contributed by atoms with Gasteiger partial charge >= 0.3 is 18.2 Å². The number of alkyl halides is 3. The average molecular weight is 515 g/mol. The molecule has 1 saturated heterocycles. The first-order chi connectivity index (χ1) is 16.9. The van der Waals surface area contributed by atoms with Crippen LogP contribution in [0.2, 0.25) is 0 Å². The Hall–Kier alpha value is -3.16. The molecule has 0 aromatic carbocycles. The molecule has 1 fully saturated rings. The van der Waals surface area contributed by atoms with Gasteiger partial charge in [-0.05, 0) is 27.7 Å². The maximum Gasteiger partial charge on any atom is 0.390 e. The Morgan fingerprint density at radius 3 is 2.72 bits per heavy atom. The van der Waals surface area contributed by atoms with Crippen molar-refractivity contribution >= 4 is 17.7 Å². The Morgan fingerprint density at radius 1 is 1.31 bits per heavy atom. The Labute approximate surface area is 206 Å². The summed E-state index contributed by atoms with van der Waals surface area (Å²) < 4.78 is 57.5. The van der Waals surface area contributed by atoms with Crippen LogP contribution in [-0.2, 0) is 12.1 Å². The number of ether oxygens (including phenoxy) is 1. The number of halogens is 4. The summed E-state index contributed by atoms with van der Waals surface area (Å²) in [5.74, 6) is -0.453. The topological polar surface area (TPSA) is 103 Å². The third-order valence-electron chi connectivity index (χ3n) is 6.65. The number of carbonyl (C=O) groups excluding carboxylic acids is 1. The molecule has 4 rings (SSSR count). The summed E-state index contributed by atoms with van der Waals surface area (Å²) in [6.45, 7) is 8.81. The Balaban J connectivity index is 1.46. The molecule has 198 valence electrons. The predicted octanol–water partition coefficient (Wildman–Crippen LogP) is 3.61. The maximum atomic E-state index is 14.3. The van der Waals surface area contributed by atoms with Crippen molar-refractivity contribution in [2.75, 3.05) is 38.1 Å². The average Bonchev–Trinajstić information content (AvgIpc) is 3.32. The zero-order valence-electron chi connectivity index (χ0n) is 20.6. The zero-order valence-corrected chi connectivity index (χ0v) is 20.6. The molecule has 2 aliphatic rings. The van der Waals surface area contributed by atoms with E-state index in [4.69, 9.17) is 4.74 Å². The molecule has 2 amide bonds. The number of nitrogens with one attached hydrogen (secondary N) is 2. The number of fused-ring (bicyclic) bond motifs is 1. The third kappa shape index (κ3) is 5.18. The van der Waals surface area contributed by atoms with Crippen LogP contribution in [0.15, 0.2) is 6.20 Å².